The lowest BCUT2D eigenvalue weighted by Gasteiger charge is -2.09. The van der Waals surface area contributed by atoms with Crippen LogP contribution in [-0.2, 0) is 6.61 Å². The molecule has 0 aliphatic carbocycles. The van der Waals surface area contributed by atoms with Crippen LogP contribution in [0.25, 0.3) is 22.7 Å². The van der Waals surface area contributed by atoms with Crippen molar-refractivity contribution in [2.24, 2.45) is 0 Å². The van der Waals surface area contributed by atoms with Crippen molar-refractivity contribution in [2.45, 2.75) is 20.5 Å². The van der Waals surface area contributed by atoms with Crippen LogP contribution in [-0.4, -0.2) is 9.97 Å². The minimum Gasteiger partial charge on any atom is -0.488 e. The number of ether oxygens (including phenoxy) is 1. The number of fused-ring (bicyclic) bond motifs is 1. The minimum absolute atomic E-state index is 0.437. The van der Waals surface area contributed by atoms with Crippen molar-refractivity contribution in [2.75, 3.05) is 0 Å². The predicted octanol–water partition coefficient (Wildman–Crippen LogP) is 7.24. The number of aromatic nitrogens is 2. The van der Waals surface area contributed by atoms with Crippen molar-refractivity contribution >= 4 is 50.2 Å². The zero-order valence-corrected chi connectivity index (χ0v) is 19.4. The molecule has 1 heterocycles. The fourth-order valence-corrected chi connectivity index (χ4v) is 3.82. The van der Waals surface area contributed by atoms with E-state index >= 15 is 0 Å². The average molecular weight is 493 g/mol. The van der Waals surface area contributed by atoms with Gasteiger partial charge in [-0.15, -0.1) is 0 Å². The van der Waals surface area contributed by atoms with Gasteiger partial charge in [-0.3, -0.25) is 0 Å². The Bertz CT molecular complexity index is 1290. The Hall–Kier alpha value is -3.07. The lowest BCUT2D eigenvalue weighted by molar-refractivity contribution is 0.304. The Balaban J connectivity index is 1.56. The number of hydrogen-bond donors (Lipinski definition) is 1. The van der Waals surface area contributed by atoms with E-state index in [-0.39, 0.29) is 0 Å². The van der Waals surface area contributed by atoms with E-state index in [0.717, 1.165) is 32.4 Å². The fourth-order valence-electron chi connectivity index (χ4n) is 3.18. The molecule has 6 heteroatoms. The topological polar surface area (TPSA) is 61.7 Å². The molecule has 0 unspecified atom stereocenters. The van der Waals surface area contributed by atoms with Crippen LogP contribution in [0.5, 0.6) is 5.75 Å². The Labute approximate surface area is 194 Å². The number of halogens is 2. The molecule has 4 aromatic rings. The van der Waals surface area contributed by atoms with Crippen LogP contribution in [0.2, 0.25) is 5.02 Å². The van der Waals surface area contributed by atoms with Crippen molar-refractivity contribution in [1.82, 2.24) is 9.97 Å². The van der Waals surface area contributed by atoms with Gasteiger partial charge in [0.25, 0.3) is 0 Å². The molecule has 0 aliphatic heterocycles. The SMILES string of the molecule is Cc1cc2nc(/C(C#N)=C/c3ccc(OCc4ccc(Cl)cc4)c(Br)c3)[nH]c2cc1C. The second-order valence-corrected chi connectivity index (χ2v) is 8.60. The Morgan fingerprint density at radius 2 is 1.87 bits per heavy atom. The smallest absolute Gasteiger partial charge is 0.149 e. The Morgan fingerprint density at radius 3 is 2.58 bits per heavy atom. The molecule has 154 valence electrons. The lowest BCUT2D eigenvalue weighted by Crippen LogP contribution is -1.96. The summed E-state index contributed by atoms with van der Waals surface area (Å²) in [4.78, 5) is 7.85. The maximum atomic E-state index is 9.70. The van der Waals surface area contributed by atoms with Crippen molar-refractivity contribution in [3.05, 3.63) is 92.2 Å². The number of nitriles is 1. The van der Waals surface area contributed by atoms with Gasteiger partial charge in [0.15, 0.2) is 0 Å². The second-order valence-electron chi connectivity index (χ2n) is 7.31. The quantitative estimate of drug-likeness (QED) is 0.299. The Kier molecular flexibility index (Phi) is 6.13. The van der Waals surface area contributed by atoms with Gasteiger partial charge in [0.2, 0.25) is 0 Å². The first-order valence-corrected chi connectivity index (χ1v) is 10.9. The molecule has 0 fully saturated rings. The predicted molar refractivity (Wildman–Crippen MR) is 129 cm³/mol. The molecule has 0 amide bonds. The maximum absolute atomic E-state index is 9.70. The molecule has 3 aromatic carbocycles. The zero-order chi connectivity index (χ0) is 22.0. The number of aryl methyl sites for hydroxylation is 2. The van der Waals surface area contributed by atoms with Crippen LogP contribution in [0.15, 0.2) is 59.1 Å². The van der Waals surface area contributed by atoms with Crippen LogP contribution in [0.4, 0.5) is 0 Å². The van der Waals surface area contributed by atoms with Crippen LogP contribution in [0.3, 0.4) is 0 Å². The molecule has 31 heavy (non-hydrogen) atoms. The lowest BCUT2D eigenvalue weighted by atomic mass is 10.1. The monoisotopic (exact) mass is 491 g/mol. The third kappa shape index (κ3) is 4.82. The standard InChI is InChI=1S/C25H19BrClN3O/c1-15-9-22-23(10-16(15)2)30-25(29-22)19(13-28)11-18-5-8-24(21(26)12-18)31-14-17-3-6-20(27)7-4-17/h3-12H,14H2,1-2H3,(H,29,30)/b19-11+. The number of nitrogens with zero attached hydrogens (tertiary/aromatic N) is 2. The molecule has 4 rings (SSSR count). The molecule has 1 N–H and O–H groups in total. The van der Waals surface area contributed by atoms with Gasteiger partial charge in [-0.25, -0.2) is 4.98 Å². The van der Waals surface area contributed by atoms with Crippen LogP contribution < -0.4 is 4.74 Å². The molecule has 0 aliphatic rings. The van der Waals surface area contributed by atoms with Gasteiger partial charge in [-0.1, -0.05) is 29.8 Å². The number of benzene rings is 3. The van der Waals surface area contributed by atoms with Crippen molar-refractivity contribution in [1.29, 1.82) is 5.26 Å². The molecule has 0 bridgehead atoms. The second kappa shape index (κ2) is 8.97. The third-order valence-corrected chi connectivity index (χ3v) is 5.92. The highest BCUT2D eigenvalue weighted by atomic mass is 79.9. The first-order valence-electron chi connectivity index (χ1n) is 9.69. The van der Waals surface area contributed by atoms with E-state index in [1.54, 1.807) is 0 Å². The van der Waals surface area contributed by atoms with E-state index in [1.165, 1.54) is 11.1 Å². The summed E-state index contributed by atoms with van der Waals surface area (Å²) in [5.74, 6) is 1.28. The summed E-state index contributed by atoms with van der Waals surface area (Å²) >= 11 is 9.49. The van der Waals surface area contributed by atoms with Crippen molar-refractivity contribution < 1.29 is 4.74 Å². The summed E-state index contributed by atoms with van der Waals surface area (Å²) in [5, 5.41) is 10.4. The van der Waals surface area contributed by atoms with E-state index in [2.05, 4.69) is 51.9 Å². The highest BCUT2D eigenvalue weighted by Crippen LogP contribution is 2.29. The summed E-state index contributed by atoms with van der Waals surface area (Å²) in [6.07, 6.45) is 1.81. The number of hydrogen-bond acceptors (Lipinski definition) is 3. The normalized spacial score (nSPS) is 11.5. The minimum atomic E-state index is 0.437. The van der Waals surface area contributed by atoms with Crippen LogP contribution in [0.1, 0.15) is 28.1 Å². The molecular weight excluding hydrogens is 474 g/mol. The van der Waals surface area contributed by atoms with E-state index in [4.69, 9.17) is 16.3 Å². The van der Waals surface area contributed by atoms with Gasteiger partial charge >= 0.3 is 0 Å². The number of allylic oxidation sites excluding steroid dienone is 1. The van der Waals surface area contributed by atoms with E-state index in [9.17, 15) is 5.26 Å². The molecule has 1 aromatic heterocycles. The highest BCUT2D eigenvalue weighted by Gasteiger charge is 2.10. The fraction of sp³-hybridized carbons (Fsp3) is 0.120. The molecule has 0 radical (unpaired) electrons. The number of nitrogens with one attached hydrogen (secondary N) is 1. The largest absolute Gasteiger partial charge is 0.488 e. The summed E-state index contributed by atoms with van der Waals surface area (Å²) in [5.41, 5.74) is 6.50. The third-order valence-electron chi connectivity index (χ3n) is 5.05. The summed E-state index contributed by atoms with van der Waals surface area (Å²) in [7, 11) is 0. The molecule has 0 saturated heterocycles. The van der Waals surface area contributed by atoms with Crippen LogP contribution >= 0.6 is 27.5 Å². The molecule has 0 spiro atoms. The van der Waals surface area contributed by atoms with E-state index in [1.807, 2.05) is 54.6 Å². The molecule has 0 saturated carbocycles. The van der Waals surface area contributed by atoms with Crippen LogP contribution in [0, 0.1) is 25.2 Å². The van der Waals surface area contributed by atoms with Gasteiger partial charge in [0.05, 0.1) is 21.1 Å². The highest BCUT2D eigenvalue weighted by molar-refractivity contribution is 9.10. The first kappa shape index (κ1) is 21.2. The van der Waals surface area contributed by atoms with E-state index < -0.39 is 0 Å². The van der Waals surface area contributed by atoms with Gasteiger partial charge < -0.3 is 9.72 Å². The van der Waals surface area contributed by atoms with E-state index in [0.29, 0.717) is 23.0 Å². The van der Waals surface area contributed by atoms with Gasteiger partial charge in [-0.2, -0.15) is 5.26 Å². The average Bonchev–Trinajstić information content (AvgIpc) is 3.15. The number of H-pyrrole nitrogens is 1. The summed E-state index contributed by atoms with van der Waals surface area (Å²) < 4.78 is 6.71. The number of rotatable bonds is 5. The molecule has 4 nitrogen and oxygen atoms in total. The molecular formula is C25H19BrClN3O. The zero-order valence-electron chi connectivity index (χ0n) is 17.0. The van der Waals surface area contributed by atoms with Crippen molar-refractivity contribution in [3.8, 4) is 11.8 Å². The first-order chi connectivity index (χ1) is 14.9. The summed E-state index contributed by atoms with van der Waals surface area (Å²) in [6.45, 7) is 4.55. The number of aromatic amines is 1. The van der Waals surface area contributed by atoms with Gasteiger partial charge in [0, 0.05) is 5.02 Å². The Morgan fingerprint density at radius 1 is 1.13 bits per heavy atom. The van der Waals surface area contributed by atoms with Gasteiger partial charge in [-0.05, 0) is 94.5 Å². The van der Waals surface area contributed by atoms with Gasteiger partial charge in [0.1, 0.15) is 24.3 Å². The maximum Gasteiger partial charge on any atom is 0.149 e. The molecule has 0 atom stereocenters. The summed E-state index contributed by atoms with van der Waals surface area (Å²) in [6, 6.07) is 19.6. The number of imidazole rings is 1. The van der Waals surface area contributed by atoms with Crippen molar-refractivity contribution in [3.63, 3.8) is 0 Å².